The molecule has 1 amide bonds. The molecule has 1 N–H and O–H groups in total. The molecule has 0 aliphatic heterocycles. The fraction of sp³-hybridized carbons (Fsp3) is 0.222. The summed E-state index contributed by atoms with van der Waals surface area (Å²) in [4.78, 5) is 14.0. The number of nitrogens with one attached hydrogen (secondary N) is 1. The average molecular weight is 179 g/mol. The minimum atomic E-state index is -0.349. The van der Waals surface area contributed by atoms with Crippen molar-refractivity contribution < 1.29 is 4.79 Å². The zero-order valence-corrected chi connectivity index (χ0v) is 8.62. The molecule has 1 aromatic carbocycles. The Balaban J connectivity index is 2.47. The predicted octanol–water partition coefficient (Wildman–Crippen LogP) is 0.477. The van der Waals surface area contributed by atoms with Gasteiger partial charge in [-0.25, -0.2) is 0 Å². The summed E-state index contributed by atoms with van der Waals surface area (Å²) in [5.74, 6) is 0.148. The summed E-state index contributed by atoms with van der Waals surface area (Å²) in [6.45, 7) is 2.06. The number of carbonyl (C=O) groups is 1. The van der Waals surface area contributed by atoms with Crippen LogP contribution in [0.2, 0.25) is 6.55 Å². The van der Waals surface area contributed by atoms with Crippen molar-refractivity contribution in [2.24, 2.45) is 0 Å². The van der Waals surface area contributed by atoms with Crippen molar-refractivity contribution >= 4 is 15.6 Å². The van der Waals surface area contributed by atoms with Crippen LogP contribution in [0.3, 0.4) is 0 Å². The van der Waals surface area contributed by atoms with Crippen molar-refractivity contribution in [3.8, 4) is 0 Å². The Labute approximate surface area is 74.9 Å². The van der Waals surface area contributed by atoms with Gasteiger partial charge in [-0.2, -0.15) is 0 Å². The van der Waals surface area contributed by atoms with Crippen LogP contribution in [-0.4, -0.2) is 15.6 Å². The van der Waals surface area contributed by atoms with Crippen LogP contribution in [0.25, 0.3) is 0 Å². The van der Waals surface area contributed by atoms with E-state index in [9.17, 15) is 4.79 Å². The van der Waals surface area contributed by atoms with Crippen molar-refractivity contribution in [1.82, 2.24) is 4.98 Å². The number of rotatable bonds is 3. The molecule has 0 spiro atoms. The van der Waals surface area contributed by atoms with Gasteiger partial charge >= 0.3 is 0 Å². The first-order valence-corrected chi connectivity index (χ1v) is 6.25. The lowest BCUT2D eigenvalue weighted by atomic mass is 10.1. The van der Waals surface area contributed by atoms with Crippen LogP contribution in [0.15, 0.2) is 30.3 Å². The number of benzene rings is 1. The van der Waals surface area contributed by atoms with Crippen LogP contribution in [-0.2, 0) is 11.2 Å². The minimum Gasteiger partial charge on any atom is -0.388 e. The van der Waals surface area contributed by atoms with Gasteiger partial charge in [-0.05, 0) is 5.56 Å². The lowest BCUT2D eigenvalue weighted by Crippen LogP contribution is -2.26. The van der Waals surface area contributed by atoms with Gasteiger partial charge in [0.05, 0.1) is 6.42 Å². The Morgan fingerprint density at radius 1 is 1.42 bits per heavy atom. The summed E-state index contributed by atoms with van der Waals surface area (Å²) in [7, 11) is -0.349. The summed E-state index contributed by atoms with van der Waals surface area (Å²) in [6, 6.07) is 9.79. The van der Waals surface area contributed by atoms with E-state index in [-0.39, 0.29) is 15.6 Å². The van der Waals surface area contributed by atoms with Crippen molar-refractivity contribution in [2.75, 3.05) is 0 Å². The van der Waals surface area contributed by atoms with Gasteiger partial charge in [0.1, 0.15) is 9.68 Å². The first kappa shape index (κ1) is 9.00. The van der Waals surface area contributed by atoms with E-state index in [4.69, 9.17) is 0 Å². The number of amides is 1. The molecule has 0 aliphatic rings. The molecule has 2 nitrogen and oxygen atoms in total. The molecule has 0 saturated heterocycles. The second-order valence-electron chi connectivity index (χ2n) is 2.62. The molecule has 0 aromatic heterocycles. The van der Waals surface area contributed by atoms with E-state index in [2.05, 4.69) is 11.5 Å². The van der Waals surface area contributed by atoms with Gasteiger partial charge in [-0.3, -0.25) is 4.79 Å². The standard InChI is InChI=1S/C9H13NOSi/c1-12-10-9(11)7-8-5-3-2-4-6-8/h2-6H,7,12H2,1H3,(H,10,11). The molecule has 0 aliphatic carbocycles. The highest BCUT2D eigenvalue weighted by molar-refractivity contribution is 6.35. The molecule has 0 bridgehead atoms. The normalized spacial score (nSPS) is 10.4. The molecule has 64 valence electrons. The van der Waals surface area contributed by atoms with Crippen molar-refractivity contribution in [2.45, 2.75) is 13.0 Å². The van der Waals surface area contributed by atoms with Gasteiger partial charge in [0.15, 0.2) is 0 Å². The van der Waals surface area contributed by atoms with E-state index in [0.29, 0.717) is 6.42 Å². The Bertz CT molecular complexity index is 248. The topological polar surface area (TPSA) is 29.1 Å². The van der Waals surface area contributed by atoms with Crippen LogP contribution < -0.4 is 4.98 Å². The maximum atomic E-state index is 11.1. The Morgan fingerprint density at radius 3 is 2.67 bits per heavy atom. The third-order valence-corrected chi connectivity index (χ3v) is 2.33. The van der Waals surface area contributed by atoms with Gasteiger partial charge in [-0.1, -0.05) is 36.9 Å². The molecule has 3 heteroatoms. The molecule has 1 aromatic rings. The summed E-state index contributed by atoms with van der Waals surface area (Å²) in [5.41, 5.74) is 1.08. The van der Waals surface area contributed by atoms with Crippen LogP contribution >= 0.6 is 0 Å². The SMILES string of the molecule is C[SiH2]NC(=O)Cc1ccccc1. The molecule has 0 radical (unpaired) electrons. The minimum absolute atomic E-state index is 0.148. The zero-order valence-electron chi connectivity index (χ0n) is 7.21. The summed E-state index contributed by atoms with van der Waals surface area (Å²) >= 11 is 0. The molecular formula is C9H13NOSi. The van der Waals surface area contributed by atoms with E-state index in [1.165, 1.54) is 0 Å². The van der Waals surface area contributed by atoms with Crippen molar-refractivity contribution in [1.29, 1.82) is 0 Å². The summed E-state index contributed by atoms with van der Waals surface area (Å²) < 4.78 is 0. The Hall–Kier alpha value is -1.09. The third-order valence-electron chi connectivity index (χ3n) is 1.58. The second kappa shape index (κ2) is 4.72. The van der Waals surface area contributed by atoms with Gasteiger partial charge in [-0.15, -0.1) is 0 Å². The van der Waals surface area contributed by atoms with Gasteiger partial charge in [0.2, 0.25) is 5.91 Å². The quantitative estimate of drug-likeness (QED) is 0.672. The van der Waals surface area contributed by atoms with Crippen molar-refractivity contribution in [3.05, 3.63) is 35.9 Å². The van der Waals surface area contributed by atoms with E-state index in [1.807, 2.05) is 30.3 Å². The summed E-state index contributed by atoms with van der Waals surface area (Å²) in [6.07, 6.45) is 0.516. The Morgan fingerprint density at radius 2 is 2.08 bits per heavy atom. The van der Waals surface area contributed by atoms with Crippen LogP contribution in [0.1, 0.15) is 5.56 Å². The molecule has 12 heavy (non-hydrogen) atoms. The maximum absolute atomic E-state index is 11.1. The van der Waals surface area contributed by atoms with E-state index >= 15 is 0 Å². The highest BCUT2D eigenvalue weighted by Crippen LogP contribution is 1.98. The highest BCUT2D eigenvalue weighted by Gasteiger charge is 1.99. The molecule has 0 atom stereocenters. The molecular weight excluding hydrogens is 166 g/mol. The summed E-state index contributed by atoms with van der Waals surface area (Å²) in [5, 5.41) is 0. The lowest BCUT2D eigenvalue weighted by molar-refractivity contribution is -0.118. The molecule has 0 unspecified atom stereocenters. The smallest absolute Gasteiger partial charge is 0.216 e. The molecule has 1 rings (SSSR count). The Kier molecular flexibility index (Phi) is 3.54. The highest BCUT2D eigenvalue weighted by atomic mass is 28.2. The van der Waals surface area contributed by atoms with Crippen LogP contribution in [0, 0.1) is 0 Å². The van der Waals surface area contributed by atoms with Crippen LogP contribution in [0.4, 0.5) is 0 Å². The first-order chi connectivity index (χ1) is 5.83. The average Bonchev–Trinajstić information content (AvgIpc) is 2.06. The monoisotopic (exact) mass is 179 g/mol. The maximum Gasteiger partial charge on any atom is 0.216 e. The predicted molar refractivity (Wildman–Crippen MR) is 52.7 cm³/mol. The zero-order chi connectivity index (χ0) is 8.81. The second-order valence-corrected chi connectivity index (χ2v) is 3.68. The van der Waals surface area contributed by atoms with Gasteiger partial charge in [0.25, 0.3) is 0 Å². The van der Waals surface area contributed by atoms with Crippen molar-refractivity contribution in [3.63, 3.8) is 0 Å². The number of carbonyl (C=O) groups excluding carboxylic acids is 1. The lowest BCUT2D eigenvalue weighted by Gasteiger charge is -2.00. The molecule has 0 fully saturated rings. The molecule has 0 saturated carbocycles. The molecule has 0 heterocycles. The van der Waals surface area contributed by atoms with Crippen LogP contribution in [0.5, 0.6) is 0 Å². The first-order valence-electron chi connectivity index (χ1n) is 4.13. The van der Waals surface area contributed by atoms with E-state index in [0.717, 1.165) is 5.56 Å². The fourth-order valence-electron chi connectivity index (χ4n) is 1.04. The van der Waals surface area contributed by atoms with E-state index < -0.39 is 0 Å². The fourth-order valence-corrected chi connectivity index (χ4v) is 1.56. The van der Waals surface area contributed by atoms with Gasteiger partial charge < -0.3 is 4.98 Å². The number of hydrogen-bond donors (Lipinski definition) is 1. The number of hydrogen-bond acceptors (Lipinski definition) is 1. The third kappa shape index (κ3) is 2.88. The van der Waals surface area contributed by atoms with Gasteiger partial charge in [0, 0.05) is 0 Å². The largest absolute Gasteiger partial charge is 0.388 e. The van der Waals surface area contributed by atoms with E-state index in [1.54, 1.807) is 0 Å².